The molecule has 4 rings (SSSR count). The Morgan fingerprint density at radius 2 is 1.70 bits per heavy atom. The molecule has 2 aliphatic rings. The maximum Gasteiger partial charge on any atom is 0.189 e. The lowest BCUT2D eigenvalue weighted by Gasteiger charge is -2.34. The van der Waals surface area contributed by atoms with Crippen LogP contribution in [0.5, 0.6) is 5.75 Å². The molecule has 2 aromatic carbocycles. The first-order chi connectivity index (χ1) is 13.1. The number of hydrogen-bond donors (Lipinski definition) is 0. The van der Waals surface area contributed by atoms with E-state index in [1.807, 2.05) is 24.3 Å². The summed E-state index contributed by atoms with van der Waals surface area (Å²) in [5, 5.41) is 0. The van der Waals surface area contributed by atoms with Gasteiger partial charge in [-0.2, -0.15) is 0 Å². The number of Topliss-reactive ketones (excluding diaryl/α,β-unsaturated/α-hetero) is 1. The van der Waals surface area contributed by atoms with E-state index >= 15 is 0 Å². The Morgan fingerprint density at radius 1 is 0.963 bits per heavy atom. The van der Waals surface area contributed by atoms with Crippen LogP contribution >= 0.6 is 0 Å². The van der Waals surface area contributed by atoms with Gasteiger partial charge in [0.15, 0.2) is 5.78 Å². The molecule has 27 heavy (non-hydrogen) atoms. The van der Waals surface area contributed by atoms with Gasteiger partial charge in [0, 0.05) is 43.0 Å². The van der Waals surface area contributed by atoms with Crippen molar-refractivity contribution < 1.29 is 9.53 Å². The van der Waals surface area contributed by atoms with Gasteiger partial charge in [0.25, 0.3) is 0 Å². The molecule has 1 aliphatic heterocycles. The van der Waals surface area contributed by atoms with Crippen LogP contribution in [-0.4, -0.2) is 51.0 Å². The zero-order valence-corrected chi connectivity index (χ0v) is 16.1. The molecule has 0 spiro atoms. The average molecular weight is 362 g/mol. The number of carbonyl (C=O) groups is 1. The molecule has 1 aliphatic carbocycles. The number of ketones is 1. The monoisotopic (exact) mass is 362 g/mol. The fraction of sp³-hybridized carbons (Fsp3) is 0.348. The van der Waals surface area contributed by atoms with Crippen LogP contribution in [0.1, 0.15) is 27.9 Å². The molecule has 4 heteroatoms. The van der Waals surface area contributed by atoms with E-state index in [2.05, 4.69) is 41.1 Å². The smallest absolute Gasteiger partial charge is 0.189 e. The number of likely N-dealkylation sites (N-methyl/N-ethyl adjacent to an activating group) is 1. The van der Waals surface area contributed by atoms with Gasteiger partial charge in [-0.15, -0.1) is 0 Å². The van der Waals surface area contributed by atoms with Crippen molar-refractivity contribution in [3.8, 4) is 5.75 Å². The van der Waals surface area contributed by atoms with Gasteiger partial charge in [-0.25, -0.2) is 0 Å². The van der Waals surface area contributed by atoms with E-state index in [0.717, 1.165) is 67.0 Å². The second kappa shape index (κ2) is 7.57. The second-order valence-corrected chi connectivity index (χ2v) is 7.40. The average Bonchev–Trinajstić information content (AvgIpc) is 2.71. The summed E-state index contributed by atoms with van der Waals surface area (Å²) >= 11 is 0. The maximum atomic E-state index is 12.9. The molecule has 0 saturated carbocycles. The first-order valence-corrected chi connectivity index (χ1v) is 9.60. The van der Waals surface area contributed by atoms with Crippen molar-refractivity contribution in [1.29, 1.82) is 0 Å². The van der Waals surface area contributed by atoms with E-state index in [4.69, 9.17) is 4.74 Å². The summed E-state index contributed by atoms with van der Waals surface area (Å²) in [6.45, 7) is 4.33. The third kappa shape index (κ3) is 3.76. The first-order valence-electron chi connectivity index (χ1n) is 9.60. The van der Waals surface area contributed by atoms with Crippen LogP contribution in [0.15, 0.2) is 48.0 Å². The number of allylic oxidation sites excluding steroid dienone is 1. The number of piperazine rings is 1. The predicted octanol–water partition coefficient (Wildman–Crippen LogP) is 3.66. The molecule has 2 aromatic rings. The molecule has 1 fully saturated rings. The van der Waals surface area contributed by atoms with Crippen molar-refractivity contribution in [1.82, 2.24) is 4.90 Å². The van der Waals surface area contributed by atoms with Crippen LogP contribution in [0.4, 0.5) is 5.69 Å². The summed E-state index contributed by atoms with van der Waals surface area (Å²) in [6.07, 6.45) is 3.73. The Kier molecular flexibility index (Phi) is 4.99. The minimum Gasteiger partial charge on any atom is -0.497 e. The van der Waals surface area contributed by atoms with Crippen LogP contribution in [0.3, 0.4) is 0 Å². The Bertz CT molecular complexity index is 862. The molecule has 0 unspecified atom stereocenters. The second-order valence-electron chi connectivity index (χ2n) is 7.40. The molecule has 1 heterocycles. The Hall–Kier alpha value is -2.59. The number of ether oxygens (including phenoxy) is 1. The number of fused-ring (bicyclic) bond motifs is 1. The molecule has 0 radical (unpaired) electrons. The quantitative estimate of drug-likeness (QED) is 0.780. The molecule has 0 atom stereocenters. The van der Waals surface area contributed by atoms with Gasteiger partial charge in [0.2, 0.25) is 0 Å². The topological polar surface area (TPSA) is 32.8 Å². The fourth-order valence-electron chi connectivity index (χ4n) is 3.85. The molecular formula is C23H26N2O2. The van der Waals surface area contributed by atoms with E-state index < -0.39 is 0 Å². The molecule has 0 amide bonds. The van der Waals surface area contributed by atoms with Gasteiger partial charge in [-0.3, -0.25) is 4.79 Å². The lowest BCUT2D eigenvalue weighted by molar-refractivity contribution is 0.102. The number of anilines is 1. The zero-order valence-electron chi connectivity index (χ0n) is 16.1. The molecule has 140 valence electrons. The van der Waals surface area contributed by atoms with Crippen LogP contribution in [-0.2, 0) is 6.42 Å². The van der Waals surface area contributed by atoms with Gasteiger partial charge in [0.1, 0.15) is 5.75 Å². The van der Waals surface area contributed by atoms with E-state index in [0.29, 0.717) is 0 Å². The van der Waals surface area contributed by atoms with Crippen molar-refractivity contribution >= 4 is 17.5 Å². The van der Waals surface area contributed by atoms with Crippen LogP contribution in [0.25, 0.3) is 6.08 Å². The fourth-order valence-corrected chi connectivity index (χ4v) is 3.85. The van der Waals surface area contributed by atoms with Crippen molar-refractivity contribution in [3.05, 3.63) is 64.7 Å². The molecule has 1 saturated heterocycles. The van der Waals surface area contributed by atoms with E-state index in [1.54, 1.807) is 7.11 Å². The summed E-state index contributed by atoms with van der Waals surface area (Å²) in [5.74, 6) is 0.859. The van der Waals surface area contributed by atoms with Crippen LogP contribution in [0.2, 0.25) is 0 Å². The Balaban J connectivity index is 1.52. The van der Waals surface area contributed by atoms with Crippen molar-refractivity contribution in [2.24, 2.45) is 0 Å². The lowest BCUT2D eigenvalue weighted by atomic mass is 9.86. The largest absolute Gasteiger partial charge is 0.497 e. The van der Waals surface area contributed by atoms with Crippen LogP contribution in [0, 0.1) is 0 Å². The first kappa shape index (κ1) is 17.8. The number of rotatable bonds is 3. The highest BCUT2D eigenvalue weighted by Gasteiger charge is 2.22. The highest BCUT2D eigenvalue weighted by atomic mass is 16.5. The van der Waals surface area contributed by atoms with Gasteiger partial charge in [0.05, 0.1) is 7.11 Å². The summed E-state index contributed by atoms with van der Waals surface area (Å²) in [4.78, 5) is 17.7. The molecule has 0 N–H and O–H groups in total. The Labute approximate surface area is 161 Å². The minimum absolute atomic E-state index is 0.123. The number of nitrogens with zero attached hydrogens (tertiary/aromatic N) is 2. The minimum atomic E-state index is 0.123. The van der Waals surface area contributed by atoms with Gasteiger partial charge >= 0.3 is 0 Å². The van der Waals surface area contributed by atoms with Gasteiger partial charge in [-0.1, -0.05) is 18.2 Å². The van der Waals surface area contributed by atoms with Crippen molar-refractivity contribution in [2.75, 3.05) is 45.2 Å². The number of aryl methyl sites for hydroxylation is 1. The number of carbonyl (C=O) groups excluding carboxylic acids is 1. The predicted molar refractivity (Wildman–Crippen MR) is 110 cm³/mol. The third-order valence-corrected chi connectivity index (χ3v) is 5.62. The highest BCUT2D eigenvalue weighted by molar-refractivity contribution is 6.13. The van der Waals surface area contributed by atoms with Crippen molar-refractivity contribution in [2.45, 2.75) is 12.8 Å². The highest BCUT2D eigenvalue weighted by Crippen LogP contribution is 2.29. The molecule has 0 bridgehead atoms. The number of benzene rings is 2. The SMILES string of the molecule is COc1ccc2c(c1)C(=O)C(=Cc1ccc(N3CCN(C)CC3)cc1)CC2. The number of hydrogen-bond acceptors (Lipinski definition) is 4. The molecular weight excluding hydrogens is 336 g/mol. The summed E-state index contributed by atoms with van der Waals surface area (Å²) in [7, 11) is 3.80. The number of methoxy groups -OCH3 is 1. The van der Waals surface area contributed by atoms with E-state index in [1.165, 1.54) is 5.69 Å². The van der Waals surface area contributed by atoms with Gasteiger partial charge in [-0.05, 0) is 61.4 Å². The molecule has 0 aromatic heterocycles. The summed E-state index contributed by atoms with van der Waals surface area (Å²) in [5.41, 5.74) is 5.12. The third-order valence-electron chi connectivity index (χ3n) is 5.62. The lowest BCUT2D eigenvalue weighted by Crippen LogP contribution is -2.44. The zero-order chi connectivity index (χ0) is 18.8. The van der Waals surface area contributed by atoms with Gasteiger partial charge < -0.3 is 14.5 Å². The maximum absolute atomic E-state index is 12.9. The summed E-state index contributed by atoms with van der Waals surface area (Å²) in [6, 6.07) is 14.4. The Morgan fingerprint density at radius 3 is 2.41 bits per heavy atom. The molecule has 4 nitrogen and oxygen atoms in total. The normalized spacial score (nSPS) is 19.3. The van der Waals surface area contributed by atoms with Crippen LogP contribution < -0.4 is 9.64 Å². The summed E-state index contributed by atoms with van der Waals surface area (Å²) < 4.78 is 5.28. The van der Waals surface area contributed by atoms with Crippen molar-refractivity contribution in [3.63, 3.8) is 0 Å². The van der Waals surface area contributed by atoms with E-state index in [-0.39, 0.29) is 5.78 Å². The standard InChI is InChI=1S/C23H26N2O2/c1-24-11-13-25(14-12-24)20-8-3-17(4-9-20)15-19-6-5-18-7-10-21(27-2)16-22(18)23(19)26/h3-4,7-10,15-16H,5-6,11-14H2,1-2H3. The van der Waals surface area contributed by atoms with E-state index in [9.17, 15) is 4.79 Å².